The quantitative estimate of drug-likeness (QED) is 0.587. The molecule has 0 fully saturated rings. The smallest absolute Gasteiger partial charge is 0.239 e. The molecule has 2 rings (SSSR count). The van der Waals surface area contributed by atoms with Gasteiger partial charge < -0.3 is 5.32 Å². The van der Waals surface area contributed by atoms with Crippen LogP contribution in [0.1, 0.15) is 11.1 Å². The van der Waals surface area contributed by atoms with E-state index in [0.29, 0.717) is 28.0 Å². The molecule has 0 bridgehead atoms. The Morgan fingerprint density at radius 1 is 1.42 bits per heavy atom. The Morgan fingerprint density at radius 3 is 2.89 bits per heavy atom. The molecular formula is C12H11ClN6. The molecule has 0 saturated carbocycles. The zero-order valence-electron chi connectivity index (χ0n) is 10.1. The Kier molecular flexibility index (Phi) is 3.80. The van der Waals surface area contributed by atoms with E-state index in [-0.39, 0.29) is 0 Å². The van der Waals surface area contributed by atoms with Gasteiger partial charge in [0.05, 0.1) is 22.3 Å². The largest absolute Gasteiger partial charge is 0.339 e. The van der Waals surface area contributed by atoms with Gasteiger partial charge in [0.25, 0.3) is 0 Å². The van der Waals surface area contributed by atoms with Crippen LogP contribution in [0.25, 0.3) is 0 Å². The van der Waals surface area contributed by atoms with E-state index in [2.05, 4.69) is 26.8 Å². The van der Waals surface area contributed by atoms with Gasteiger partial charge in [-0.3, -0.25) is 5.43 Å². The van der Waals surface area contributed by atoms with E-state index in [1.54, 1.807) is 24.4 Å². The maximum atomic E-state index is 8.88. The van der Waals surface area contributed by atoms with Crippen molar-refractivity contribution in [1.29, 1.82) is 5.26 Å². The summed E-state index contributed by atoms with van der Waals surface area (Å²) in [5, 5.41) is 12.4. The molecule has 0 amide bonds. The van der Waals surface area contributed by atoms with Crippen molar-refractivity contribution in [3.8, 4) is 6.07 Å². The number of rotatable bonds is 3. The van der Waals surface area contributed by atoms with Crippen LogP contribution in [-0.2, 0) is 0 Å². The number of benzene rings is 1. The Morgan fingerprint density at radius 2 is 2.21 bits per heavy atom. The molecule has 7 heteroatoms. The van der Waals surface area contributed by atoms with Gasteiger partial charge in [0, 0.05) is 11.8 Å². The number of nitrogens with one attached hydrogen (secondary N) is 2. The Balaban J connectivity index is 2.38. The first-order valence-electron chi connectivity index (χ1n) is 5.41. The molecule has 19 heavy (non-hydrogen) atoms. The highest BCUT2D eigenvalue weighted by Crippen LogP contribution is 2.27. The first kappa shape index (κ1) is 13.1. The van der Waals surface area contributed by atoms with Crippen molar-refractivity contribution >= 4 is 29.1 Å². The van der Waals surface area contributed by atoms with Gasteiger partial charge in [0.2, 0.25) is 5.95 Å². The van der Waals surface area contributed by atoms with Gasteiger partial charge in [-0.1, -0.05) is 11.6 Å². The van der Waals surface area contributed by atoms with Crippen LogP contribution in [0.4, 0.5) is 17.5 Å². The monoisotopic (exact) mass is 274 g/mol. The normalized spacial score (nSPS) is 9.79. The van der Waals surface area contributed by atoms with E-state index in [1.165, 1.54) is 0 Å². The van der Waals surface area contributed by atoms with Crippen molar-refractivity contribution in [2.75, 3.05) is 10.7 Å². The van der Waals surface area contributed by atoms with Gasteiger partial charge >= 0.3 is 0 Å². The second kappa shape index (κ2) is 5.52. The van der Waals surface area contributed by atoms with Gasteiger partial charge in [0.15, 0.2) is 0 Å². The molecular weight excluding hydrogens is 264 g/mol. The number of nitrogens with zero attached hydrogens (tertiary/aromatic N) is 3. The summed E-state index contributed by atoms with van der Waals surface area (Å²) in [6, 6.07) is 7.01. The fourth-order valence-corrected chi connectivity index (χ4v) is 1.62. The number of hydrogen-bond acceptors (Lipinski definition) is 6. The second-order valence-corrected chi connectivity index (χ2v) is 4.21. The molecule has 0 unspecified atom stereocenters. The molecule has 0 aliphatic heterocycles. The third kappa shape index (κ3) is 2.91. The highest BCUT2D eigenvalue weighted by molar-refractivity contribution is 6.33. The predicted octanol–water partition coefficient (Wildman–Crippen LogP) is 2.34. The maximum Gasteiger partial charge on any atom is 0.239 e. The average Bonchev–Trinajstić information content (AvgIpc) is 2.43. The zero-order valence-corrected chi connectivity index (χ0v) is 10.9. The number of hydrogen-bond donors (Lipinski definition) is 3. The molecule has 0 atom stereocenters. The minimum absolute atomic E-state index is 0.292. The SMILES string of the molecule is Cc1cnc(NN)nc1Nc1cc(C#N)ccc1Cl. The van der Waals surface area contributed by atoms with Gasteiger partial charge in [0.1, 0.15) is 5.82 Å². The van der Waals surface area contributed by atoms with Crippen LogP contribution in [0.15, 0.2) is 24.4 Å². The second-order valence-electron chi connectivity index (χ2n) is 3.80. The number of anilines is 3. The molecule has 2 aromatic rings. The molecule has 0 aliphatic carbocycles. The topological polar surface area (TPSA) is 99.7 Å². The van der Waals surface area contributed by atoms with Crippen molar-refractivity contribution in [3.63, 3.8) is 0 Å². The number of nitrogen functional groups attached to an aromatic ring is 1. The van der Waals surface area contributed by atoms with E-state index in [9.17, 15) is 0 Å². The number of hydrazine groups is 1. The van der Waals surface area contributed by atoms with E-state index in [1.807, 2.05) is 6.92 Å². The van der Waals surface area contributed by atoms with E-state index in [0.717, 1.165) is 5.56 Å². The van der Waals surface area contributed by atoms with Gasteiger partial charge in [-0.15, -0.1) is 0 Å². The summed E-state index contributed by atoms with van der Waals surface area (Å²) in [7, 11) is 0. The number of halogens is 1. The van der Waals surface area contributed by atoms with Crippen LogP contribution < -0.4 is 16.6 Å². The molecule has 1 heterocycles. The fourth-order valence-electron chi connectivity index (χ4n) is 1.46. The van der Waals surface area contributed by atoms with Crippen molar-refractivity contribution in [1.82, 2.24) is 9.97 Å². The lowest BCUT2D eigenvalue weighted by Gasteiger charge is -2.11. The lowest BCUT2D eigenvalue weighted by molar-refractivity contribution is 1.09. The Labute approximate surface area is 115 Å². The fraction of sp³-hybridized carbons (Fsp3) is 0.0833. The maximum absolute atomic E-state index is 8.88. The molecule has 0 saturated heterocycles. The standard InChI is InChI=1S/C12H11ClN6/c1-7-6-16-12(19-15)18-11(7)17-10-4-8(5-14)2-3-9(10)13/h2-4,6H,15H2,1H3,(H2,16,17,18,19). The lowest BCUT2D eigenvalue weighted by Crippen LogP contribution is -2.11. The summed E-state index contributed by atoms with van der Waals surface area (Å²) in [5.74, 6) is 6.13. The van der Waals surface area contributed by atoms with Gasteiger partial charge in [-0.05, 0) is 25.1 Å². The van der Waals surface area contributed by atoms with E-state index >= 15 is 0 Å². The average molecular weight is 275 g/mol. The first-order valence-corrected chi connectivity index (χ1v) is 5.78. The van der Waals surface area contributed by atoms with Crippen molar-refractivity contribution in [2.45, 2.75) is 6.92 Å². The molecule has 96 valence electrons. The lowest BCUT2D eigenvalue weighted by atomic mass is 10.2. The Bertz CT molecular complexity index is 649. The predicted molar refractivity (Wildman–Crippen MR) is 74.0 cm³/mol. The van der Waals surface area contributed by atoms with Crippen LogP contribution >= 0.6 is 11.6 Å². The molecule has 0 aliphatic rings. The summed E-state index contributed by atoms with van der Waals surface area (Å²) < 4.78 is 0. The van der Waals surface area contributed by atoms with Crippen molar-refractivity contribution < 1.29 is 0 Å². The van der Waals surface area contributed by atoms with E-state index < -0.39 is 0 Å². The Hall–Kier alpha value is -2.36. The third-order valence-corrected chi connectivity index (χ3v) is 2.78. The summed E-state index contributed by atoms with van der Waals surface area (Å²) in [5.41, 5.74) is 4.31. The van der Waals surface area contributed by atoms with Crippen LogP contribution in [0.3, 0.4) is 0 Å². The van der Waals surface area contributed by atoms with Crippen LogP contribution in [-0.4, -0.2) is 9.97 Å². The summed E-state index contributed by atoms with van der Waals surface area (Å²) in [4.78, 5) is 8.17. The number of aryl methyl sites for hydroxylation is 1. The molecule has 4 N–H and O–H groups in total. The molecule has 0 radical (unpaired) electrons. The summed E-state index contributed by atoms with van der Waals surface area (Å²) in [6.45, 7) is 1.85. The van der Waals surface area contributed by atoms with Crippen molar-refractivity contribution in [2.24, 2.45) is 5.84 Å². The van der Waals surface area contributed by atoms with Crippen LogP contribution in [0, 0.1) is 18.3 Å². The minimum atomic E-state index is 0.292. The summed E-state index contributed by atoms with van der Waals surface area (Å²) in [6.07, 6.45) is 1.63. The summed E-state index contributed by atoms with van der Waals surface area (Å²) >= 11 is 6.07. The molecule has 1 aromatic carbocycles. The third-order valence-electron chi connectivity index (χ3n) is 2.45. The highest BCUT2D eigenvalue weighted by Gasteiger charge is 2.07. The van der Waals surface area contributed by atoms with Crippen LogP contribution in [0.2, 0.25) is 5.02 Å². The van der Waals surface area contributed by atoms with Crippen LogP contribution in [0.5, 0.6) is 0 Å². The molecule has 1 aromatic heterocycles. The van der Waals surface area contributed by atoms with E-state index in [4.69, 9.17) is 22.7 Å². The molecule has 6 nitrogen and oxygen atoms in total. The number of aromatic nitrogens is 2. The minimum Gasteiger partial charge on any atom is -0.339 e. The van der Waals surface area contributed by atoms with Gasteiger partial charge in [-0.25, -0.2) is 10.8 Å². The van der Waals surface area contributed by atoms with Crippen molar-refractivity contribution in [3.05, 3.63) is 40.5 Å². The number of nitriles is 1. The number of nitrogens with two attached hydrogens (primary N) is 1. The first-order chi connectivity index (χ1) is 9.13. The zero-order chi connectivity index (χ0) is 13.8. The molecule has 0 spiro atoms. The highest BCUT2D eigenvalue weighted by atomic mass is 35.5. The van der Waals surface area contributed by atoms with Gasteiger partial charge in [-0.2, -0.15) is 10.2 Å².